The van der Waals surface area contributed by atoms with Gasteiger partial charge in [0.05, 0.1) is 10.8 Å². The van der Waals surface area contributed by atoms with Crippen molar-refractivity contribution in [2.24, 2.45) is 0 Å². The van der Waals surface area contributed by atoms with Crippen molar-refractivity contribution >= 4 is 13.3 Å². The lowest BCUT2D eigenvalue weighted by Crippen LogP contribution is -2.44. The Morgan fingerprint density at radius 2 is 0.615 bits per heavy atom. The van der Waals surface area contributed by atoms with Crippen LogP contribution in [0.15, 0.2) is 140 Å². The molecule has 0 saturated carbocycles. The zero-order valence-corrected chi connectivity index (χ0v) is 21.8. The van der Waals surface area contributed by atoms with E-state index in [1.807, 2.05) is 0 Å². The van der Waals surface area contributed by atoms with Crippen LogP contribution < -0.4 is 5.46 Å². The van der Waals surface area contributed by atoms with Gasteiger partial charge in [0.1, 0.15) is 7.85 Å². The van der Waals surface area contributed by atoms with Crippen molar-refractivity contribution in [1.82, 2.24) is 0 Å². The van der Waals surface area contributed by atoms with E-state index in [0.717, 1.165) is 0 Å². The van der Waals surface area contributed by atoms with Crippen molar-refractivity contribution in [3.8, 4) is 22.3 Å². The average molecular weight is 492 g/mol. The van der Waals surface area contributed by atoms with Gasteiger partial charge in [-0.1, -0.05) is 145 Å². The molecule has 6 aromatic rings. The van der Waals surface area contributed by atoms with E-state index in [1.54, 1.807) is 0 Å². The van der Waals surface area contributed by atoms with Crippen LogP contribution in [0, 0.1) is 0 Å². The number of hydrogen-bond acceptors (Lipinski definition) is 0. The van der Waals surface area contributed by atoms with Crippen LogP contribution in [0.2, 0.25) is 0 Å². The van der Waals surface area contributed by atoms with Crippen LogP contribution in [0.3, 0.4) is 0 Å². The number of benzene rings is 6. The maximum absolute atomic E-state index is 2.48. The van der Waals surface area contributed by atoms with Gasteiger partial charge >= 0.3 is 0 Å². The maximum Gasteiger partial charge on any atom is 0.139 e. The van der Waals surface area contributed by atoms with Gasteiger partial charge in [-0.2, -0.15) is 0 Å². The van der Waals surface area contributed by atoms with Crippen molar-refractivity contribution in [1.29, 1.82) is 0 Å². The van der Waals surface area contributed by atoms with Crippen LogP contribution >= 0.6 is 0 Å². The Kier molecular flexibility index (Phi) is 3.98. The summed E-state index contributed by atoms with van der Waals surface area (Å²) in [5.74, 6) is 0. The first-order chi connectivity index (χ1) is 19.3. The molecular weight excluding hydrogens is 467 g/mol. The molecular formula is C38H25B. The summed E-state index contributed by atoms with van der Waals surface area (Å²) in [6.07, 6.45) is 0. The summed E-state index contributed by atoms with van der Waals surface area (Å²) in [5, 5.41) is 0. The summed E-state index contributed by atoms with van der Waals surface area (Å²) in [4.78, 5) is 0. The largest absolute Gasteiger partial charge is 0.139 e. The molecule has 6 aromatic carbocycles. The highest BCUT2D eigenvalue weighted by molar-refractivity contribution is 6.32. The average Bonchev–Trinajstić information content (AvgIpc) is 3.46. The normalized spacial score (nSPS) is 15.7. The highest BCUT2D eigenvalue weighted by atomic mass is 14.6. The molecule has 0 aliphatic heterocycles. The fourth-order valence-corrected chi connectivity index (χ4v) is 8.35. The van der Waals surface area contributed by atoms with Crippen LogP contribution in [0.5, 0.6) is 0 Å². The lowest BCUT2D eigenvalue weighted by Gasteiger charge is -2.49. The quantitative estimate of drug-likeness (QED) is 0.200. The van der Waals surface area contributed by atoms with Crippen molar-refractivity contribution in [2.45, 2.75) is 10.8 Å². The molecule has 0 unspecified atom stereocenters. The standard InChI is InChI=1S/C38H25B/c39-24-21-22-35-36(23-24)38(31-17-7-3-13-27(31)28-14-4-8-18-32(28)38)34-20-10-9-19-33(34)37(35)29-15-5-1-11-25(29)26-12-2-6-16-30(26)37/h1-23H,39H2. The molecule has 180 valence electrons. The first kappa shape index (κ1) is 21.3. The molecule has 0 N–H and O–H groups in total. The molecule has 0 nitrogen and oxygen atoms in total. The Labute approximate surface area is 230 Å². The van der Waals surface area contributed by atoms with Gasteiger partial charge in [0, 0.05) is 0 Å². The molecule has 0 fully saturated rings. The van der Waals surface area contributed by atoms with Crippen molar-refractivity contribution in [2.75, 3.05) is 0 Å². The van der Waals surface area contributed by atoms with E-state index in [0.29, 0.717) is 0 Å². The minimum Gasteiger partial charge on any atom is -0.0886 e. The number of fused-ring (bicyclic) bond motifs is 16. The SMILES string of the molecule is Bc1ccc2c(c1)C1(c3ccccc3-c3ccccc31)c1ccccc1C21c2ccccc2-c2ccccc21. The summed E-state index contributed by atoms with van der Waals surface area (Å²) in [6.45, 7) is 0. The van der Waals surface area contributed by atoms with E-state index >= 15 is 0 Å². The van der Waals surface area contributed by atoms with Crippen LogP contribution in [0.25, 0.3) is 22.3 Å². The van der Waals surface area contributed by atoms with Crippen LogP contribution in [0.1, 0.15) is 44.5 Å². The second-order valence-corrected chi connectivity index (χ2v) is 11.3. The van der Waals surface area contributed by atoms with E-state index in [9.17, 15) is 0 Å². The molecule has 2 spiro atoms. The monoisotopic (exact) mass is 492 g/mol. The zero-order chi connectivity index (χ0) is 25.8. The first-order valence-electron chi connectivity index (χ1n) is 13.9. The minimum atomic E-state index is -0.372. The Balaban J connectivity index is 1.55. The molecule has 0 amide bonds. The van der Waals surface area contributed by atoms with Crippen molar-refractivity contribution in [3.05, 3.63) is 184 Å². The molecule has 3 aliphatic rings. The van der Waals surface area contributed by atoms with E-state index in [-0.39, 0.29) is 10.8 Å². The van der Waals surface area contributed by atoms with Crippen LogP contribution in [0.4, 0.5) is 0 Å². The summed E-state index contributed by atoms with van der Waals surface area (Å²) in [6, 6.07) is 52.8. The topological polar surface area (TPSA) is 0 Å². The Hall–Kier alpha value is -4.62. The van der Waals surface area contributed by atoms with Gasteiger partial charge in [-0.05, 0) is 66.8 Å². The summed E-state index contributed by atoms with van der Waals surface area (Å²) in [5.41, 5.74) is 17.1. The lowest BCUT2D eigenvalue weighted by atomic mass is 9.52. The third-order valence-corrected chi connectivity index (χ3v) is 9.62. The molecule has 0 heterocycles. The maximum atomic E-state index is 2.48. The summed E-state index contributed by atoms with van der Waals surface area (Å²) < 4.78 is 0. The third-order valence-electron chi connectivity index (χ3n) is 9.62. The van der Waals surface area contributed by atoms with Crippen molar-refractivity contribution in [3.63, 3.8) is 0 Å². The van der Waals surface area contributed by atoms with Gasteiger partial charge in [-0.3, -0.25) is 0 Å². The molecule has 39 heavy (non-hydrogen) atoms. The van der Waals surface area contributed by atoms with E-state index in [2.05, 4.69) is 147 Å². The highest BCUT2D eigenvalue weighted by Gasteiger charge is 2.58. The highest BCUT2D eigenvalue weighted by Crippen LogP contribution is 2.67. The van der Waals surface area contributed by atoms with Gasteiger partial charge in [0.2, 0.25) is 0 Å². The van der Waals surface area contributed by atoms with Gasteiger partial charge < -0.3 is 0 Å². The van der Waals surface area contributed by atoms with Gasteiger partial charge in [0.15, 0.2) is 0 Å². The van der Waals surface area contributed by atoms with Crippen LogP contribution in [-0.4, -0.2) is 7.85 Å². The van der Waals surface area contributed by atoms with Gasteiger partial charge in [-0.15, -0.1) is 0 Å². The van der Waals surface area contributed by atoms with Crippen LogP contribution in [-0.2, 0) is 10.8 Å². The predicted molar refractivity (Wildman–Crippen MR) is 163 cm³/mol. The molecule has 0 bridgehead atoms. The fourth-order valence-electron chi connectivity index (χ4n) is 8.35. The molecule has 1 heteroatoms. The molecule has 0 aromatic heterocycles. The summed E-state index contributed by atoms with van der Waals surface area (Å²) in [7, 11) is 2.24. The number of hydrogen-bond donors (Lipinski definition) is 0. The molecule has 0 saturated heterocycles. The number of rotatable bonds is 0. The van der Waals surface area contributed by atoms with Gasteiger partial charge in [0.25, 0.3) is 0 Å². The second kappa shape index (κ2) is 7.27. The fraction of sp³-hybridized carbons (Fsp3) is 0.0526. The smallest absolute Gasteiger partial charge is 0.0886 e. The molecule has 9 rings (SSSR count). The second-order valence-electron chi connectivity index (χ2n) is 11.3. The third kappa shape index (κ3) is 2.31. The molecule has 0 radical (unpaired) electrons. The minimum absolute atomic E-state index is 0.370. The first-order valence-corrected chi connectivity index (χ1v) is 13.9. The Bertz CT molecular complexity index is 1900. The zero-order valence-electron chi connectivity index (χ0n) is 21.8. The Morgan fingerprint density at radius 3 is 1.03 bits per heavy atom. The Morgan fingerprint density at radius 1 is 0.308 bits per heavy atom. The molecule has 0 atom stereocenters. The summed E-state index contributed by atoms with van der Waals surface area (Å²) >= 11 is 0. The van der Waals surface area contributed by atoms with E-state index in [4.69, 9.17) is 0 Å². The van der Waals surface area contributed by atoms with Crippen molar-refractivity contribution < 1.29 is 0 Å². The van der Waals surface area contributed by atoms with E-state index in [1.165, 1.54) is 72.2 Å². The predicted octanol–water partition coefficient (Wildman–Crippen LogP) is 6.98. The lowest BCUT2D eigenvalue weighted by molar-refractivity contribution is 0.633. The van der Waals surface area contributed by atoms with Gasteiger partial charge in [-0.25, -0.2) is 0 Å². The molecule has 3 aliphatic carbocycles. The van der Waals surface area contributed by atoms with E-state index < -0.39 is 0 Å².